The monoisotopic (exact) mass is 293 g/mol. The van der Waals surface area contributed by atoms with Crippen LogP contribution in [0.4, 0.5) is 11.6 Å². The fourth-order valence-electron chi connectivity index (χ4n) is 3.02. The van der Waals surface area contributed by atoms with E-state index in [1.54, 1.807) is 0 Å². The van der Waals surface area contributed by atoms with E-state index in [0.29, 0.717) is 18.4 Å². The van der Waals surface area contributed by atoms with Crippen molar-refractivity contribution in [3.05, 3.63) is 11.9 Å². The molecule has 0 bridgehead atoms. The minimum absolute atomic E-state index is 0.134. The lowest BCUT2D eigenvalue weighted by molar-refractivity contribution is 0.289. The van der Waals surface area contributed by atoms with Crippen molar-refractivity contribution in [2.75, 3.05) is 23.5 Å². The van der Waals surface area contributed by atoms with Crippen molar-refractivity contribution in [2.45, 2.75) is 57.9 Å². The second kappa shape index (κ2) is 8.14. The van der Waals surface area contributed by atoms with Crippen LogP contribution in [0.25, 0.3) is 0 Å². The molecule has 0 saturated heterocycles. The first kappa shape index (κ1) is 16.0. The molecule has 1 saturated carbocycles. The average Bonchev–Trinajstić information content (AvgIpc) is 2.53. The fourth-order valence-corrected chi connectivity index (χ4v) is 3.02. The van der Waals surface area contributed by atoms with E-state index in [-0.39, 0.29) is 6.61 Å². The van der Waals surface area contributed by atoms with E-state index in [4.69, 9.17) is 5.84 Å². The van der Waals surface area contributed by atoms with Gasteiger partial charge in [0.2, 0.25) is 0 Å². The normalized spacial score (nSPS) is 16.0. The number of hydrogen-bond donors (Lipinski definition) is 3. The molecular weight excluding hydrogens is 266 g/mol. The maximum absolute atomic E-state index is 9.40. The first-order valence-electron chi connectivity index (χ1n) is 8.00. The third kappa shape index (κ3) is 4.28. The Balaban J connectivity index is 2.26. The van der Waals surface area contributed by atoms with Gasteiger partial charge in [0.05, 0.1) is 6.61 Å². The highest BCUT2D eigenvalue weighted by Crippen LogP contribution is 2.27. The summed E-state index contributed by atoms with van der Waals surface area (Å²) in [5, 5.41) is 9.40. The van der Waals surface area contributed by atoms with Crippen LogP contribution in [0.3, 0.4) is 0 Å². The Morgan fingerprint density at radius 3 is 2.71 bits per heavy atom. The van der Waals surface area contributed by atoms with Crippen LogP contribution < -0.4 is 16.2 Å². The van der Waals surface area contributed by atoms with E-state index in [1.807, 2.05) is 6.07 Å². The number of nitrogen functional groups attached to an aromatic ring is 1. The zero-order valence-corrected chi connectivity index (χ0v) is 12.9. The Hall–Kier alpha value is -1.40. The number of aromatic nitrogens is 2. The molecule has 0 unspecified atom stereocenters. The molecule has 1 heterocycles. The first-order valence-corrected chi connectivity index (χ1v) is 8.00. The molecule has 0 spiro atoms. The number of anilines is 2. The maximum Gasteiger partial charge on any atom is 0.145 e. The van der Waals surface area contributed by atoms with Crippen molar-refractivity contribution in [2.24, 2.45) is 5.84 Å². The molecule has 0 amide bonds. The molecule has 21 heavy (non-hydrogen) atoms. The third-order valence-corrected chi connectivity index (χ3v) is 4.03. The summed E-state index contributed by atoms with van der Waals surface area (Å²) in [6.07, 6.45) is 7.97. The molecular formula is C15H27N5O. The van der Waals surface area contributed by atoms with E-state index in [9.17, 15) is 5.11 Å². The quantitative estimate of drug-likeness (QED) is 0.525. The Morgan fingerprint density at radius 1 is 1.33 bits per heavy atom. The van der Waals surface area contributed by atoms with Crippen LogP contribution >= 0.6 is 0 Å². The average molecular weight is 293 g/mol. The molecule has 4 N–H and O–H groups in total. The van der Waals surface area contributed by atoms with Crippen molar-refractivity contribution < 1.29 is 5.11 Å². The number of hydrogen-bond acceptors (Lipinski definition) is 6. The van der Waals surface area contributed by atoms with Gasteiger partial charge >= 0.3 is 0 Å². The Bertz CT molecular complexity index is 434. The van der Waals surface area contributed by atoms with Crippen molar-refractivity contribution in [1.82, 2.24) is 9.97 Å². The van der Waals surface area contributed by atoms with Crippen LogP contribution in [-0.2, 0) is 6.42 Å². The summed E-state index contributed by atoms with van der Waals surface area (Å²) in [5.74, 6) is 7.85. The molecule has 0 atom stereocenters. The van der Waals surface area contributed by atoms with Gasteiger partial charge in [0.25, 0.3) is 0 Å². The molecule has 0 radical (unpaired) electrons. The fraction of sp³-hybridized carbons (Fsp3) is 0.733. The number of nitrogens with one attached hydrogen (secondary N) is 1. The predicted octanol–water partition coefficient (Wildman–Crippen LogP) is 1.85. The second-order valence-corrected chi connectivity index (χ2v) is 5.63. The van der Waals surface area contributed by atoms with E-state index in [2.05, 4.69) is 27.2 Å². The van der Waals surface area contributed by atoms with E-state index in [1.165, 1.54) is 32.1 Å². The number of aliphatic hydroxyl groups excluding tert-OH is 1. The van der Waals surface area contributed by atoms with Gasteiger partial charge < -0.3 is 15.4 Å². The van der Waals surface area contributed by atoms with E-state index < -0.39 is 0 Å². The van der Waals surface area contributed by atoms with Crippen LogP contribution in [0.2, 0.25) is 0 Å². The van der Waals surface area contributed by atoms with Gasteiger partial charge in [0.15, 0.2) is 0 Å². The number of aryl methyl sites for hydroxylation is 1. The molecule has 0 aromatic carbocycles. The number of rotatable bonds is 7. The van der Waals surface area contributed by atoms with Crippen molar-refractivity contribution in [1.29, 1.82) is 0 Å². The SMILES string of the molecule is CCCc1nc(NN)cc(N(CCO)C2CCCCC2)n1. The van der Waals surface area contributed by atoms with Gasteiger partial charge in [-0.05, 0) is 19.3 Å². The van der Waals surface area contributed by atoms with Crippen LogP contribution in [0.1, 0.15) is 51.3 Å². The van der Waals surface area contributed by atoms with Gasteiger partial charge in [-0.1, -0.05) is 26.2 Å². The minimum Gasteiger partial charge on any atom is -0.395 e. The van der Waals surface area contributed by atoms with Gasteiger partial charge in [-0.3, -0.25) is 0 Å². The second-order valence-electron chi connectivity index (χ2n) is 5.63. The standard InChI is InChI=1S/C15H27N5O/c1-2-6-13-17-14(19-16)11-15(18-13)20(9-10-21)12-7-4-3-5-8-12/h11-12,21H,2-10,16H2,1H3,(H,17,18,19). The summed E-state index contributed by atoms with van der Waals surface area (Å²) in [5.41, 5.74) is 2.63. The third-order valence-electron chi connectivity index (χ3n) is 4.03. The smallest absolute Gasteiger partial charge is 0.145 e. The molecule has 6 heteroatoms. The van der Waals surface area contributed by atoms with Crippen LogP contribution in [0, 0.1) is 0 Å². The molecule has 1 aromatic heterocycles. The van der Waals surface area contributed by atoms with Crippen molar-refractivity contribution in [3.63, 3.8) is 0 Å². The van der Waals surface area contributed by atoms with Crippen LogP contribution in [0.5, 0.6) is 0 Å². The first-order chi connectivity index (χ1) is 10.3. The van der Waals surface area contributed by atoms with Crippen LogP contribution in [-0.4, -0.2) is 34.3 Å². The van der Waals surface area contributed by atoms with Crippen LogP contribution in [0.15, 0.2) is 6.07 Å². The molecule has 1 aliphatic carbocycles. The number of hydrazine groups is 1. The summed E-state index contributed by atoms with van der Waals surface area (Å²) in [6.45, 7) is 2.85. The Kier molecular flexibility index (Phi) is 6.20. The molecule has 1 aromatic rings. The maximum atomic E-state index is 9.40. The molecule has 1 fully saturated rings. The lowest BCUT2D eigenvalue weighted by atomic mass is 9.94. The number of nitrogens with two attached hydrogens (primary N) is 1. The van der Waals surface area contributed by atoms with Gasteiger partial charge in [-0.2, -0.15) is 0 Å². The molecule has 1 aliphatic rings. The molecule has 0 aliphatic heterocycles. The minimum atomic E-state index is 0.134. The van der Waals surface area contributed by atoms with Crippen molar-refractivity contribution in [3.8, 4) is 0 Å². The summed E-state index contributed by atoms with van der Waals surface area (Å²) >= 11 is 0. The largest absolute Gasteiger partial charge is 0.395 e. The molecule has 2 rings (SSSR count). The number of nitrogens with zero attached hydrogens (tertiary/aromatic N) is 3. The lowest BCUT2D eigenvalue weighted by Crippen LogP contribution is -2.39. The van der Waals surface area contributed by atoms with Gasteiger partial charge in [-0.15, -0.1) is 0 Å². The Labute approximate surface area is 126 Å². The number of aliphatic hydroxyl groups is 1. The highest BCUT2D eigenvalue weighted by atomic mass is 16.3. The summed E-state index contributed by atoms with van der Waals surface area (Å²) in [7, 11) is 0. The molecule has 118 valence electrons. The van der Waals surface area contributed by atoms with E-state index >= 15 is 0 Å². The topological polar surface area (TPSA) is 87.3 Å². The summed E-state index contributed by atoms with van der Waals surface area (Å²) in [6, 6.07) is 2.34. The highest BCUT2D eigenvalue weighted by molar-refractivity contribution is 5.49. The Morgan fingerprint density at radius 2 is 2.10 bits per heavy atom. The van der Waals surface area contributed by atoms with Crippen molar-refractivity contribution >= 4 is 11.6 Å². The van der Waals surface area contributed by atoms with Gasteiger partial charge in [0, 0.05) is 25.1 Å². The van der Waals surface area contributed by atoms with Gasteiger partial charge in [-0.25, -0.2) is 15.8 Å². The van der Waals surface area contributed by atoms with E-state index in [0.717, 1.165) is 24.5 Å². The highest BCUT2D eigenvalue weighted by Gasteiger charge is 2.23. The lowest BCUT2D eigenvalue weighted by Gasteiger charge is -2.35. The molecule has 6 nitrogen and oxygen atoms in total. The summed E-state index contributed by atoms with van der Waals surface area (Å²) in [4.78, 5) is 11.3. The van der Waals surface area contributed by atoms with Gasteiger partial charge in [0.1, 0.15) is 17.5 Å². The zero-order chi connectivity index (χ0) is 15.1. The predicted molar refractivity (Wildman–Crippen MR) is 85.1 cm³/mol. The summed E-state index contributed by atoms with van der Waals surface area (Å²) < 4.78 is 0. The zero-order valence-electron chi connectivity index (χ0n) is 12.9.